The van der Waals surface area contributed by atoms with Crippen molar-refractivity contribution < 1.29 is 27.9 Å². The fourth-order valence-corrected chi connectivity index (χ4v) is 5.01. The molecule has 0 bridgehead atoms. The van der Waals surface area contributed by atoms with E-state index in [1.54, 1.807) is 0 Å². The number of H-pyrrole nitrogens is 2. The monoisotopic (exact) mass is 564 g/mol. The minimum absolute atomic E-state index is 0.100. The van der Waals surface area contributed by atoms with Crippen molar-refractivity contribution in [2.75, 3.05) is 13.1 Å². The molecule has 0 radical (unpaired) electrons. The Balaban J connectivity index is 0.000000431. The van der Waals surface area contributed by atoms with E-state index < -0.39 is 18.2 Å². The predicted octanol–water partition coefficient (Wildman–Crippen LogP) is 4.53. The van der Waals surface area contributed by atoms with E-state index in [1.807, 2.05) is 53.7 Å². The van der Waals surface area contributed by atoms with Crippen molar-refractivity contribution in [1.29, 1.82) is 0 Å². The second-order valence-corrected chi connectivity index (χ2v) is 9.61. The van der Waals surface area contributed by atoms with Gasteiger partial charge in [-0.15, -0.1) is 0 Å². The van der Waals surface area contributed by atoms with Gasteiger partial charge in [-0.05, 0) is 41.2 Å². The molecule has 4 N–H and O–H groups in total. The van der Waals surface area contributed by atoms with Gasteiger partial charge >= 0.3 is 12.1 Å². The standard InChI is InChI=1S/C27H26N6O.C2HF3O2/c34-27(33-13-11-21-20(17-33)15-30-26-23(21)16-31-32-26)25(18-6-2-1-3-7-18)28-12-10-19-14-29-24-9-5-4-8-22(19)24;3-2(4,5)1(6)7/h1-9,14-16,25,28-29H,10-13,17H2,(H,30,31,32);(H,6,7). The van der Waals surface area contributed by atoms with Gasteiger partial charge in [0.1, 0.15) is 6.04 Å². The Morgan fingerprint density at radius 3 is 2.54 bits per heavy atom. The molecule has 4 heterocycles. The highest BCUT2D eigenvalue weighted by Gasteiger charge is 2.38. The van der Waals surface area contributed by atoms with Crippen LogP contribution in [0.3, 0.4) is 0 Å². The third-order valence-corrected chi connectivity index (χ3v) is 7.03. The highest BCUT2D eigenvalue weighted by Crippen LogP contribution is 2.27. The first-order chi connectivity index (χ1) is 19.7. The number of pyridine rings is 1. The normalized spacial score (nSPS) is 13.9. The van der Waals surface area contributed by atoms with E-state index in [9.17, 15) is 18.0 Å². The lowest BCUT2D eigenvalue weighted by molar-refractivity contribution is -0.192. The molecule has 9 nitrogen and oxygen atoms in total. The third kappa shape index (κ3) is 6.22. The zero-order valence-corrected chi connectivity index (χ0v) is 21.8. The minimum atomic E-state index is -5.08. The van der Waals surface area contributed by atoms with E-state index in [1.165, 1.54) is 16.5 Å². The van der Waals surface area contributed by atoms with Crippen molar-refractivity contribution in [3.63, 3.8) is 0 Å². The van der Waals surface area contributed by atoms with Gasteiger partial charge in [0.25, 0.3) is 0 Å². The van der Waals surface area contributed by atoms with Crippen LogP contribution in [-0.4, -0.2) is 61.3 Å². The topological polar surface area (TPSA) is 127 Å². The van der Waals surface area contributed by atoms with Crippen LogP contribution < -0.4 is 5.32 Å². The lowest BCUT2D eigenvalue weighted by Gasteiger charge is -2.32. The summed E-state index contributed by atoms with van der Waals surface area (Å²) in [6, 6.07) is 17.9. The molecule has 5 aromatic rings. The number of benzene rings is 2. The molecule has 1 aliphatic rings. The Morgan fingerprint density at radius 2 is 1.78 bits per heavy atom. The number of rotatable bonds is 6. The van der Waals surface area contributed by atoms with Crippen molar-refractivity contribution in [1.82, 2.24) is 30.4 Å². The molecular weight excluding hydrogens is 537 g/mol. The molecule has 0 saturated carbocycles. The molecule has 1 amide bonds. The second-order valence-electron chi connectivity index (χ2n) is 9.61. The molecule has 0 aliphatic carbocycles. The van der Waals surface area contributed by atoms with Crippen LogP contribution in [0, 0.1) is 0 Å². The first kappa shape index (κ1) is 27.8. The number of para-hydroxylation sites is 1. The van der Waals surface area contributed by atoms with Crippen LogP contribution >= 0.6 is 0 Å². The smallest absolute Gasteiger partial charge is 0.475 e. The Morgan fingerprint density at radius 1 is 1.05 bits per heavy atom. The molecule has 12 heteroatoms. The summed E-state index contributed by atoms with van der Waals surface area (Å²) in [6.45, 7) is 1.95. The summed E-state index contributed by atoms with van der Waals surface area (Å²) in [5, 5.41) is 20.0. The van der Waals surface area contributed by atoms with Crippen molar-refractivity contribution in [2.24, 2.45) is 0 Å². The molecule has 0 spiro atoms. The number of nitrogens with one attached hydrogen (secondary N) is 3. The third-order valence-electron chi connectivity index (χ3n) is 7.03. The van der Waals surface area contributed by atoms with Gasteiger partial charge in [0, 0.05) is 48.3 Å². The molecule has 212 valence electrons. The van der Waals surface area contributed by atoms with E-state index in [0.29, 0.717) is 19.6 Å². The van der Waals surface area contributed by atoms with Crippen molar-refractivity contribution >= 4 is 33.8 Å². The zero-order valence-electron chi connectivity index (χ0n) is 21.8. The molecule has 3 aromatic heterocycles. The number of carbonyl (C=O) groups is 2. The molecule has 0 fully saturated rings. The highest BCUT2D eigenvalue weighted by molar-refractivity contribution is 5.85. The van der Waals surface area contributed by atoms with Gasteiger partial charge in [0.15, 0.2) is 5.65 Å². The SMILES string of the molecule is O=C(C(NCCc1c[nH]c2ccccc12)c1ccccc1)N1CCc2c(cnc3[nH]ncc23)C1.O=C(O)C(F)(F)F. The fraction of sp³-hybridized carbons (Fsp3) is 0.241. The Bertz CT molecular complexity index is 1660. The summed E-state index contributed by atoms with van der Waals surface area (Å²) < 4.78 is 31.7. The highest BCUT2D eigenvalue weighted by atomic mass is 19.4. The number of carboxylic acid groups (broad SMARTS) is 1. The van der Waals surface area contributed by atoms with Crippen molar-refractivity contribution in [2.45, 2.75) is 31.6 Å². The Kier molecular flexibility index (Phi) is 8.02. The number of halogens is 3. The molecular formula is C29H27F3N6O3. The summed E-state index contributed by atoms with van der Waals surface area (Å²) >= 11 is 0. The average molecular weight is 565 g/mol. The number of amides is 1. The first-order valence-corrected chi connectivity index (χ1v) is 12.9. The van der Waals surface area contributed by atoms with Gasteiger partial charge in [0.05, 0.1) is 6.20 Å². The van der Waals surface area contributed by atoms with Crippen LogP contribution in [0.5, 0.6) is 0 Å². The number of hydrogen-bond acceptors (Lipinski definition) is 5. The molecule has 1 aliphatic heterocycles. The summed E-state index contributed by atoms with van der Waals surface area (Å²) in [6.07, 6.45) is 2.33. The largest absolute Gasteiger partial charge is 0.490 e. The molecule has 1 unspecified atom stereocenters. The maximum atomic E-state index is 13.7. The number of fused-ring (bicyclic) bond motifs is 4. The van der Waals surface area contributed by atoms with E-state index in [2.05, 4.69) is 49.9 Å². The number of alkyl halides is 3. The Hall–Kier alpha value is -4.71. The van der Waals surface area contributed by atoms with E-state index in [0.717, 1.165) is 40.5 Å². The summed E-state index contributed by atoms with van der Waals surface area (Å²) in [4.78, 5) is 32.4. The van der Waals surface area contributed by atoms with Gasteiger partial charge < -0.3 is 20.3 Å². The molecule has 6 rings (SSSR count). The van der Waals surface area contributed by atoms with Crippen LogP contribution in [0.15, 0.2) is 73.2 Å². The number of nitrogens with zero attached hydrogens (tertiary/aromatic N) is 3. The Labute approximate surface area is 232 Å². The van der Waals surface area contributed by atoms with Crippen LogP contribution in [-0.2, 0) is 29.0 Å². The van der Waals surface area contributed by atoms with Crippen LogP contribution in [0.4, 0.5) is 13.2 Å². The van der Waals surface area contributed by atoms with E-state index >= 15 is 0 Å². The van der Waals surface area contributed by atoms with Gasteiger partial charge in [-0.3, -0.25) is 9.89 Å². The van der Waals surface area contributed by atoms with Crippen LogP contribution in [0.25, 0.3) is 21.9 Å². The quantitative estimate of drug-likeness (QED) is 0.240. The van der Waals surface area contributed by atoms with Gasteiger partial charge in [-0.2, -0.15) is 18.3 Å². The molecule has 1 atom stereocenters. The summed E-state index contributed by atoms with van der Waals surface area (Å²) in [7, 11) is 0. The predicted molar refractivity (Wildman–Crippen MR) is 146 cm³/mol. The number of carbonyl (C=O) groups excluding carboxylic acids is 1. The van der Waals surface area contributed by atoms with Crippen LogP contribution in [0.2, 0.25) is 0 Å². The van der Waals surface area contributed by atoms with E-state index in [-0.39, 0.29) is 5.91 Å². The number of hydrogen-bond donors (Lipinski definition) is 4. The lowest BCUT2D eigenvalue weighted by atomic mass is 9.97. The molecule has 0 saturated heterocycles. The maximum Gasteiger partial charge on any atom is 0.490 e. The molecule has 41 heavy (non-hydrogen) atoms. The zero-order chi connectivity index (χ0) is 29.0. The van der Waals surface area contributed by atoms with Gasteiger partial charge in [-0.25, -0.2) is 9.78 Å². The van der Waals surface area contributed by atoms with Crippen LogP contribution in [0.1, 0.15) is 28.3 Å². The van der Waals surface area contributed by atoms with E-state index in [4.69, 9.17) is 9.90 Å². The number of aromatic amines is 2. The number of aromatic nitrogens is 4. The minimum Gasteiger partial charge on any atom is -0.475 e. The average Bonchev–Trinajstić information content (AvgIpc) is 3.62. The fourth-order valence-electron chi connectivity index (χ4n) is 5.01. The lowest BCUT2D eigenvalue weighted by Crippen LogP contribution is -2.43. The van der Waals surface area contributed by atoms with Crippen molar-refractivity contribution in [3.05, 3.63) is 95.4 Å². The van der Waals surface area contributed by atoms with Gasteiger partial charge in [0.2, 0.25) is 5.91 Å². The summed E-state index contributed by atoms with van der Waals surface area (Å²) in [5.74, 6) is -2.66. The summed E-state index contributed by atoms with van der Waals surface area (Å²) in [5.41, 5.74) is 6.52. The van der Waals surface area contributed by atoms with Gasteiger partial charge in [-0.1, -0.05) is 48.5 Å². The molecule has 2 aromatic carbocycles. The number of aliphatic carboxylic acids is 1. The van der Waals surface area contributed by atoms with Crippen molar-refractivity contribution in [3.8, 4) is 0 Å². The number of carboxylic acids is 1. The second kappa shape index (κ2) is 11.8. The first-order valence-electron chi connectivity index (χ1n) is 12.9. The maximum absolute atomic E-state index is 13.7.